The lowest BCUT2D eigenvalue weighted by Gasteiger charge is -2.34. The van der Waals surface area contributed by atoms with Gasteiger partial charge in [0, 0.05) is 39.3 Å². The highest BCUT2D eigenvalue weighted by Gasteiger charge is 2.17. The first-order chi connectivity index (χ1) is 14.8. The molecule has 0 spiro atoms. The standard InChI is InChI=1S/C21H27BrN2O.C2H2O4/c1-3-17-4-6-18(7-5-17)15-23-10-12-24(13-11-23)16-19-8-9-21(25-2)20(22)14-19;3-1(4)2(5)6/h4-9,14H,3,10-13,15-16H2,1-2H3;(H,3,4)(H,5,6). The molecule has 1 aliphatic rings. The molecular weight excluding hydrogens is 464 g/mol. The van der Waals surface area contributed by atoms with Crippen LogP contribution in [0.5, 0.6) is 5.75 Å². The molecule has 31 heavy (non-hydrogen) atoms. The molecule has 2 aromatic rings. The second-order valence-electron chi connectivity index (χ2n) is 7.30. The van der Waals surface area contributed by atoms with Crippen molar-refractivity contribution < 1.29 is 24.5 Å². The van der Waals surface area contributed by atoms with E-state index in [9.17, 15) is 0 Å². The molecule has 168 valence electrons. The van der Waals surface area contributed by atoms with Crippen molar-refractivity contribution in [3.63, 3.8) is 0 Å². The van der Waals surface area contributed by atoms with Gasteiger partial charge in [0.2, 0.25) is 0 Å². The van der Waals surface area contributed by atoms with Crippen LogP contribution in [-0.2, 0) is 29.1 Å². The number of benzene rings is 2. The first kappa shape index (κ1) is 24.8. The number of piperazine rings is 1. The molecule has 1 saturated heterocycles. The highest BCUT2D eigenvalue weighted by atomic mass is 79.9. The monoisotopic (exact) mass is 492 g/mol. The quantitative estimate of drug-likeness (QED) is 0.596. The van der Waals surface area contributed by atoms with Crippen LogP contribution in [-0.4, -0.2) is 65.2 Å². The van der Waals surface area contributed by atoms with Gasteiger partial charge in [-0.2, -0.15) is 0 Å². The third-order valence-corrected chi connectivity index (χ3v) is 5.73. The maximum Gasteiger partial charge on any atom is 0.414 e. The molecule has 1 heterocycles. The van der Waals surface area contributed by atoms with Gasteiger partial charge < -0.3 is 14.9 Å². The minimum absolute atomic E-state index is 0.891. The summed E-state index contributed by atoms with van der Waals surface area (Å²) in [5.41, 5.74) is 4.17. The van der Waals surface area contributed by atoms with E-state index in [1.165, 1.54) is 16.7 Å². The Hall–Kier alpha value is -2.42. The first-order valence-corrected chi connectivity index (χ1v) is 10.9. The van der Waals surface area contributed by atoms with Gasteiger partial charge in [-0.05, 0) is 51.2 Å². The Morgan fingerprint density at radius 2 is 1.32 bits per heavy atom. The SMILES string of the molecule is CCc1ccc(CN2CCN(Cc3ccc(OC)c(Br)c3)CC2)cc1.O=C(O)C(=O)O. The number of ether oxygens (including phenoxy) is 1. The number of methoxy groups -OCH3 is 1. The number of aryl methyl sites for hydroxylation is 1. The van der Waals surface area contributed by atoms with Crippen LogP contribution >= 0.6 is 15.9 Å². The molecule has 8 heteroatoms. The Balaban J connectivity index is 0.000000501. The van der Waals surface area contributed by atoms with Gasteiger partial charge in [0.15, 0.2) is 0 Å². The summed E-state index contributed by atoms with van der Waals surface area (Å²) in [4.78, 5) is 23.3. The van der Waals surface area contributed by atoms with Crippen molar-refractivity contribution in [3.05, 3.63) is 63.6 Å². The number of aliphatic carboxylic acids is 2. The molecule has 0 atom stereocenters. The minimum atomic E-state index is -1.82. The van der Waals surface area contributed by atoms with Crippen LogP contribution in [0.1, 0.15) is 23.6 Å². The number of halogens is 1. The molecule has 0 unspecified atom stereocenters. The highest BCUT2D eigenvalue weighted by Crippen LogP contribution is 2.26. The van der Waals surface area contributed by atoms with Gasteiger partial charge in [-0.15, -0.1) is 0 Å². The van der Waals surface area contributed by atoms with Crippen LogP contribution in [0.25, 0.3) is 0 Å². The predicted octanol–water partition coefficient (Wildman–Crippen LogP) is 3.49. The zero-order valence-electron chi connectivity index (χ0n) is 17.9. The number of carboxylic acids is 2. The molecule has 0 bridgehead atoms. The number of carbonyl (C=O) groups is 2. The Kier molecular flexibility index (Phi) is 9.97. The van der Waals surface area contributed by atoms with E-state index in [-0.39, 0.29) is 0 Å². The summed E-state index contributed by atoms with van der Waals surface area (Å²) in [7, 11) is 1.70. The minimum Gasteiger partial charge on any atom is -0.496 e. The number of rotatable bonds is 6. The van der Waals surface area contributed by atoms with Gasteiger partial charge in [-0.25, -0.2) is 9.59 Å². The van der Waals surface area contributed by atoms with E-state index in [4.69, 9.17) is 24.5 Å². The lowest BCUT2D eigenvalue weighted by atomic mass is 10.1. The van der Waals surface area contributed by atoms with E-state index < -0.39 is 11.9 Å². The molecule has 2 aromatic carbocycles. The van der Waals surface area contributed by atoms with Gasteiger partial charge in [0.1, 0.15) is 5.75 Å². The Bertz CT molecular complexity index is 853. The molecule has 0 aliphatic carbocycles. The summed E-state index contributed by atoms with van der Waals surface area (Å²) >= 11 is 3.58. The predicted molar refractivity (Wildman–Crippen MR) is 122 cm³/mol. The summed E-state index contributed by atoms with van der Waals surface area (Å²) < 4.78 is 6.34. The van der Waals surface area contributed by atoms with Crippen LogP contribution in [0.15, 0.2) is 46.9 Å². The number of nitrogens with zero attached hydrogens (tertiary/aromatic N) is 2. The lowest BCUT2D eigenvalue weighted by Crippen LogP contribution is -2.45. The molecule has 0 saturated carbocycles. The fraction of sp³-hybridized carbons (Fsp3) is 0.391. The summed E-state index contributed by atoms with van der Waals surface area (Å²) in [6.45, 7) is 8.77. The number of carboxylic acid groups (broad SMARTS) is 2. The highest BCUT2D eigenvalue weighted by molar-refractivity contribution is 9.10. The first-order valence-electron chi connectivity index (χ1n) is 10.1. The zero-order chi connectivity index (χ0) is 22.8. The van der Waals surface area contributed by atoms with E-state index in [2.05, 4.69) is 69.1 Å². The van der Waals surface area contributed by atoms with Crippen molar-refractivity contribution in [1.29, 1.82) is 0 Å². The van der Waals surface area contributed by atoms with Crippen LogP contribution in [0.3, 0.4) is 0 Å². The molecule has 2 N–H and O–H groups in total. The normalized spacial score (nSPS) is 14.4. The van der Waals surface area contributed by atoms with Crippen LogP contribution in [0.2, 0.25) is 0 Å². The fourth-order valence-corrected chi connectivity index (χ4v) is 3.90. The summed E-state index contributed by atoms with van der Waals surface area (Å²) in [6.07, 6.45) is 1.11. The smallest absolute Gasteiger partial charge is 0.414 e. The zero-order valence-corrected chi connectivity index (χ0v) is 19.5. The largest absolute Gasteiger partial charge is 0.496 e. The summed E-state index contributed by atoms with van der Waals surface area (Å²) in [5, 5.41) is 14.8. The van der Waals surface area contributed by atoms with Crippen molar-refractivity contribution in [2.75, 3.05) is 33.3 Å². The van der Waals surface area contributed by atoms with Gasteiger partial charge in [0.05, 0.1) is 11.6 Å². The summed E-state index contributed by atoms with van der Waals surface area (Å²) in [6, 6.07) is 15.4. The molecule has 1 aliphatic heterocycles. The van der Waals surface area contributed by atoms with E-state index in [0.29, 0.717) is 0 Å². The Labute approximate surface area is 191 Å². The van der Waals surface area contributed by atoms with Gasteiger partial charge >= 0.3 is 11.9 Å². The van der Waals surface area contributed by atoms with Gasteiger partial charge in [-0.3, -0.25) is 9.80 Å². The maximum atomic E-state index is 9.10. The van der Waals surface area contributed by atoms with Crippen molar-refractivity contribution in [2.45, 2.75) is 26.4 Å². The topological polar surface area (TPSA) is 90.3 Å². The van der Waals surface area contributed by atoms with Gasteiger partial charge in [0.25, 0.3) is 0 Å². The third kappa shape index (κ3) is 8.32. The maximum absolute atomic E-state index is 9.10. The molecule has 3 rings (SSSR count). The van der Waals surface area contributed by atoms with Crippen molar-refractivity contribution in [2.24, 2.45) is 0 Å². The van der Waals surface area contributed by atoms with E-state index in [1.807, 2.05) is 6.07 Å². The number of hydrogen-bond acceptors (Lipinski definition) is 5. The molecule has 0 amide bonds. The van der Waals surface area contributed by atoms with Crippen LogP contribution in [0, 0.1) is 0 Å². The van der Waals surface area contributed by atoms with Crippen LogP contribution in [0.4, 0.5) is 0 Å². The van der Waals surface area contributed by atoms with Crippen molar-refractivity contribution in [1.82, 2.24) is 9.80 Å². The lowest BCUT2D eigenvalue weighted by molar-refractivity contribution is -0.159. The molecule has 0 radical (unpaired) electrons. The molecule has 1 fully saturated rings. The summed E-state index contributed by atoms with van der Waals surface area (Å²) in [5.74, 6) is -2.76. The van der Waals surface area contributed by atoms with Gasteiger partial charge in [-0.1, -0.05) is 37.3 Å². The Morgan fingerprint density at radius 1 is 0.871 bits per heavy atom. The number of hydrogen-bond donors (Lipinski definition) is 2. The Morgan fingerprint density at radius 3 is 1.74 bits per heavy atom. The molecule has 0 aromatic heterocycles. The fourth-order valence-electron chi connectivity index (χ4n) is 3.31. The van der Waals surface area contributed by atoms with Crippen LogP contribution < -0.4 is 4.74 Å². The second kappa shape index (κ2) is 12.4. The average molecular weight is 493 g/mol. The van der Waals surface area contributed by atoms with E-state index in [0.717, 1.165) is 55.9 Å². The second-order valence-corrected chi connectivity index (χ2v) is 8.16. The molecular formula is C23H29BrN2O5. The van der Waals surface area contributed by atoms with E-state index >= 15 is 0 Å². The van der Waals surface area contributed by atoms with E-state index in [1.54, 1.807) is 7.11 Å². The van der Waals surface area contributed by atoms with Crippen molar-refractivity contribution >= 4 is 27.9 Å². The van der Waals surface area contributed by atoms with Crippen molar-refractivity contribution in [3.8, 4) is 5.75 Å². The average Bonchev–Trinajstić information content (AvgIpc) is 2.76. The molecule has 7 nitrogen and oxygen atoms in total. The third-order valence-electron chi connectivity index (χ3n) is 5.11.